The molecule has 1 heterocycles. The highest BCUT2D eigenvalue weighted by Gasteiger charge is 2.22. The molecule has 0 bridgehead atoms. The number of carbonyl (C=O) groups is 1. The van der Waals surface area contributed by atoms with Gasteiger partial charge in [0.2, 0.25) is 5.75 Å². The quantitative estimate of drug-likeness (QED) is 0.569. The molecule has 1 saturated heterocycles. The smallest absolute Gasteiger partial charge is 0.338 e. The molecular formula is C24H32N2O5. The molecule has 7 heteroatoms. The second-order valence-electron chi connectivity index (χ2n) is 7.42. The van der Waals surface area contributed by atoms with E-state index in [1.54, 1.807) is 21.3 Å². The predicted molar refractivity (Wildman–Crippen MR) is 119 cm³/mol. The number of nitrogens with zero attached hydrogens (tertiary/aromatic N) is 2. The van der Waals surface area contributed by atoms with Gasteiger partial charge in [-0.1, -0.05) is 24.3 Å². The first-order valence-electron chi connectivity index (χ1n) is 10.6. The first-order chi connectivity index (χ1) is 15.1. The average molecular weight is 429 g/mol. The zero-order valence-corrected chi connectivity index (χ0v) is 18.8. The van der Waals surface area contributed by atoms with Gasteiger partial charge in [-0.2, -0.15) is 0 Å². The van der Waals surface area contributed by atoms with Crippen LogP contribution in [-0.4, -0.2) is 69.9 Å². The third-order valence-corrected chi connectivity index (χ3v) is 5.55. The molecule has 0 atom stereocenters. The number of carbonyl (C=O) groups excluding carboxylic acids is 1. The van der Waals surface area contributed by atoms with Crippen molar-refractivity contribution in [1.29, 1.82) is 0 Å². The van der Waals surface area contributed by atoms with E-state index in [0.29, 0.717) is 29.4 Å². The van der Waals surface area contributed by atoms with Gasteiger partial charge in [0.05, 0.1) is 33.5 Å². The molecule has 0 spiro atoms. The van der Waals surface area contributed by atoms with Gasteiger partial charge in [-0.05, 0) is 24.6 Å². The van der Waals surface area contributed by atoms with E-state index in [2.05, 4.69) is 9.80 Å². The largest absolute Gasteiger partial charge is 0.493 e. The second kappa shape index (κ2) is 11.0. The van der Waals surface area contributed by atoms with Crippen molar-refractivity contribution < 1.29 is 23.7 Å². The van der Waals surface area contributed by atoms with Crippen LogP contribution in [0.25, 0.3) is 0 Å². The lowest BCUT2D eigenvalue weighted by Crippen LogP contribution is -2.45. The third-order valence-electron chi connectivity index (χ3n) is 5.55. The van der Waals surface area contributed by atoms with Crippen molar-refractivity contribution in [2.24, 2.45) is 0 Å². The minimum atomic E-state index is -0.253. The normalized spacial score (nSPS) is 14.8. The van der Waals surface area contributed by atoms with Crippen molar-refractivity contribution in [3.05, 3.63) is 53.1 Å². The van der Waals surface area contributed by atoms with Gasteiger partial charge in [0.1, 0.15) is 0 Å². The maximum atomic E-state index is 12.2. The van der Waals surface area contributed by atoms with E-state index in [4.69, 9.17) is 18.9 Å². The highest BCUT2D eigenvalue weighted by atomic mass is 16.5. The minimum Gasteiger partial charge on any atom is -0.493 e. The van der Waals surface area contributed by atoms with E-state index in [-0.39, 0.29) is 5.97 Å². The summed E-state index contributed by atoms with van der Waals surface area (Å²) in [7, 11) is 4.90. The van der Waals surface area contributed by atoms with Gasteiger partial charge in [-0.25, -0.2) is 4.79 Å². The standard InChI is InChI=1S/C24H32N2O5/c1-5-31-24(27)20-9-7-6-8-18(20)16-25-12-14-26(15-13-25)17-19-10-11-21(28-2)23(30-4)22(19)29-3/h6-11H,5,12-17H2,1-4H3. The Bertz CT molecular complexity index is 878. The van der Waals surface area contributed by atoms with Gasteiger partial charge in [0.15, 0.2) is 11.5 Å². The van der Waals surface area contributed by atoms with Crippen molar-refractivity contribution in [1.82, 2.24) is 9.80 Å². The van der Waals surface area contributed by atoms with Crippen LogP contribution >= 0.6 is 0 Å². The molecule has 2 aromatic rings. The maximum Gasteiger partial charge on any atom is 0.338 e. The molecule has 0 aromatic heterocycles. The fraction of sp³-hybridized carbons (Fsp3) is 0.458. The van der Waals surface area contributed by atoms with Crippen LogP contribution in [0.15, 0.2) is 36.4 Å². The zero-order valence-electron chi connectivity index (χ0n) is 18.8. The van der Waals surface area contributed by atoms with E-state index in [1.807, 2.05) is 43.3 Å². The van der Waals surface area contributed by atoms with Crippen LogP contribution in [0.4, 0.5) is 0 Å². The summed E-state index contributed by atoms with van der Waals surface area (Å²) in [5.41, 5.74) is 2.74. The van der Waals surface area contributed by atoms with E-state index in [0.717, 1.165) is 50.4 Å². The Labute approximate surface area is 184 Å². The molecule has 0 amide bonds. The maximum absolute atomic E-state index is 12.2. The molecule has 168 valence electrons. The number of piperazine rings is 1. The van der Waals surface area contributed by atoms with Crippen molar-refractivity contribution in [3.8, 4) is 17.2 Å². The lowest BCUT2D eigenvalue weighted by atomic mass is 10.1. The summed E-state index contributed by atoms with van der Waals surface area (Å²) in [6.45, 7) is 7.43. The lowest BCUT2D eigenvalue weighted by Gasteiger charge is -2.35. The molecule has 31 heavy (non-hydrogen) atoms. The monoisotopic (exact) mass is 428 g/mol. The summed E-state index contributed by atoms with van der Waals surface area (Å²) in [5, 5.41) is 0. The summed E-state index contributed by atoms with van der Waals surface area (Å²) in [6, 6.07) is 11.6. The molecule has 0 unspecified atom stereocenters. The first-order valence-corrected chi connectivity index (χ1v) is 10.6. The van der Waals surface area contributed by atoms with Crippen molar-refractivity contribution in [2.75, 3.05) is 54.1 Å². The number of rotatable bonds is 9. The minimum absolute atomic E-state index is 0.253. The van der Waals surface area contributed by atoms with E-state index < -0.39 is 0 Å². The Morgan fingerprint density at radius 3 is 2.00 bits per heavy atom. The van der Waals surface area contributed by atoms with Crippen LogP contribution in [0.3, 0.4) is 0 Å². The number of benzene rings is 2. The fourth-order valence-corrected chi connectivity index (χ4v) is 3.94. The van der Waals surface area contributed by atoms with E-state index in [9.17, 15) is 4.79 Å². The van der Waals surface area contributed by atoms with Gasteiger partial charge in [-0.3, -0.25) is 9.80 Å². The Balaban J connectivity index is 1.62. The Kier molecular flexibility index (Phi) is 8.14. The number of hydrogen-bond acceptors (Lipinski definition) is 7. The van der Waals surface area contributed by atoms with Gasteiger partial charge < -0.3 is 18.9 Å². The zero-order chi connectivity index (χ0) is 22.2. The third kappa shape index (κ3) is 5.48. The SMILES string of the molecule is CCOC(=O)c1ccccc1CN1CCN(Cc2ccc(OC)c(OC)c2OC)CC1. The van der Waals surface area contributed by atoms with Gasteiger partial charge in [0, 0.05) is 44.8 Å². The van der Waals surface area contributed by atoms with Crippen LogP contribution < -0.4 is 14.2 Å². The molecule has 2 aromatic carbocycles. The van der Waals surface area contributed by atoms with Crippen molar-refractivity contribution in [3.63, 3.8) is 0 Å². The summed E-state index contributed by atoms with van der Waals surface area (Å²) < 4.78 is 21.7. The molecule has 0 radical (unpaired) electrons. The predicted octanol–water partition coefficient (Wildman–Crippen LogP) is 3.21. The van der Waals surface area contributed by atoms with Crippen LogP contribution in [0, 0.1) is 0 Å². The second-order valence-corrected chi connectivity index (χ2v) is 7.42. The lowest BCUT2D eigenvalue weighted by molar-refractivity contribution is 0.0522. The molecule has 1 aliphatic heterocycles. The highest BCUT2D eigenvalue weighted by Crippen LogP contribution is 2.40. The van der Waals surface area contributed by atoms with Crippen molar-refractivity contribution in [2.45, 2.75) is 20.0 Å². The summed E-state index contributed by atoms with van der Waals surface area (Å²) >= 11 is 0. The number of ether oxygens (including phenoxy) is 4. The molecule has 3 rings (SSSR count). The fourth-order valence-electron chi connectivity index (χ4n) is 3.94. The van der Waals surface area contributed by atoms with Gasteiger partial charge >= 0.3 is 5.97 Å². The Morgan fingerprint density at radius 1 is 0.806 bits per heavy atom. The first kappa shape index (κ1) is 22.9. The summed E-state index contributed by atoms with van der Waals surface area (Å²) in [4.78, 5) is 17.0. The van der Waals surface area contributed by atoms with Gasteiger partial charge in [-0.15, -0.1) is 0 Å². The summed E-state index contributed by atoms with van der Waals surface area (Å²) in [5.74, 6) is 1.75. The van der Waals surface area contributed by atoms with Crippen LogP contribution in [-0.2, 0) is 17.8 Å². The van der Waals surface area contributed by atoms with E-state index in [1.165, 1.54) is 0 Å². The van der Waals surface area contributed by atoms with Gasteiger partial charge in [0.25, 0.3) is 0 Å². The number of esters is 1. The molecule has 7 nitrogen and oxygen atoms in total. The van der Waals surface area contributed by atoms with Crippen molar-refractivity contribution >= 4 is 5.97 Å². The molecule has 0 aliphatic carbocycles. The summed E-state index contributed by atoms with van der Waals surface area (Å²) in [6.07, 6.45) is 0. The molecule has 1 aliphatic rings. The average Bonchev–Trinajstić information content (AvgIpc) is 2.80. The number of hydrogen-bond donors (Lipinski definition) is 0. The molecule has 0 N–H and O–H groups in total. The Morgan fingerprint density at radius 2 is 1.42 bits per heavy atom. The molecule has 1 fully saturated rings. The van der Waals surface area contributed by atoms with Crippen LogP contribution in [0.1, 0.15) is 28.4 Å². The highest BCUT2D eigenvalue weighted by molar-refractivity contribution is 5.91. The topological polar surface area (TPSA) is 60.5 Å². The molecule has 0 saturated carbocycles. The molecular weight excluding hydrogens is 396 g/mol. The Hall–Kier alpha value is -2.77. The van der Waals surface area contributed by atoms with Crippen LogP contribution in [0.5, 0.6) is 17.2 Å². The number of methoxy groups -OCH3 is 3. The van der Waals surface area contributed by atoms with Crippen LogP contribution in [0.2, 0.25) is 0 Å². The van der Waals surface area contributed by atoms with E-state index >= 15 is 0 Å².